The molecule has 0 aliphatic carbocycles. The summed E-state index contributed by atoms with van der Waals surface area (Å²) in [5, 5.41) is 0. The molecule has 0 heterocycles. The fourth-order valence-corrected chi connectivity index (χ4v) is 2.32. The van der Waals surface area contributed by atoms with Gasteiger partial charge in [0, 0.05) is 19.0 Å². The van der Waals surface area contributed by atoms with Crippen LogP contribution in [-0.2, 0) is 4.79 Å². The van der Waals surface area contributed by atoms with Crippen molar-refractivity contribution in [2.45, 2.75) is 79.2 Å². The third-order valence-corrected chi connectivity index (χ3v) is 4.23. The SMILES string of the molecule is CCCC(=O)N(C)C(C)(CC)CC(C)(C)CC. The zero-order chi connectivity index (χ0) is 13.7. The summed E-state index contributed by atoms with van der Waals surface area (Å²) < 4.78 is 0. The van der Waals surface area contributed by atoms with Gasteiger partial charge in [0.05, 0.1) is 0 Å². The van der Waals surface area contributed by atoms with E-state index in [4.69, 9.17) is 0 Å². The number of hydrogen-bond donors (Lipinski definition) is 0. The van der Waals surface area contributed by atoms with E-state index in [9.17, 15) is 4.79 Å². The van der Waals surface area contributed by atoms with E-state index in [2.05, 4.69) is 41.5 Å². The molecule has 0 bridgehead atoms. The Morgan fingerprint density at radius 2 is 1.59 bits per heavy atom. The Balaban J connectivity index is 4.82. The van der Waals surface area contributed by atoms with Crippen LogP contribution in [-0.4, -0.2) is 23.4 Å². The lowest BCUT2D eigenvalue weighted by Crippen LogP contribution is -2.49. The predicted octanol–water partition coefficient (Wildman–Crippen LogP) is 4.24. The zero-order valence-electron chi connectivity index (χ0n) is 12.9. The van der Waals surface area contributed by atoms with Gasteiger partial charge in [-0.1, -0.05) is 41.0 Å². The highest BCUT2D eigenvalue weighted by Crippen LogP contribution is 2.36. The molecule has 1 atom stereocenters. The fourth-order valence-electron chi connectivity index (χ4n) is 2.32. The van der Waals surface area contributed by atoms with Crippen LogP contribution < -0.4 is 0 Å². The van der Waals surface area contributed by atoms with Crippen molar-refractivity contribution in [2.24, 2.45) is 5.41 Å². The van der Waals surface area contributed by atoms with Crippen molar-refractivity contribution < 1.29 is 4.79 Å². The molecule has 2 nitrogen and oxygen atoms in total. The van der Waals surface area contributed by atoms with Gasteiger partial charge in [0.15, 0.2) is 0 Å². The van der Waals surface area contributed by atoms with Crippen LogP contribution in [0.3, 0.4) is 0 Å². The highest BCUT2D eigenvalue weighted by molar-refractivity contribution is 5.76. The van der Waals surface area contributed by atoms with E-state index in [1.54, 1.807) is 0 Å². The van der Waals surface area contributed by atoms with Crippen LogP contribution in [0.2, 0.25) is 0 Å². The first-order valence-electron chi connectivity index (χ1n) is 6.99. The molecule has 0 rings (SSSR count). The first kappa shape index (κ1) is 16.5. The van der Waals surface area contributed by atoms with E-state index < -0.39 is 0 Å². The summed E-state index contributed by atoms with van der Waals surface area (Å²) in [6, 6.07) is 0. The van der Waals surface area contributed by atoms with Crippen LogP contribution in [0.25, 0.3) is 0 Å². The van der Waals surface area contributed by atoms with Gasteiger partial charge in [0.2, 0.25) is 5.91 Å². The maximum Gasteiger partial charge on any atom is 0.222 e. The minimum absolute atomic E-state index is 0.00817. The van der Waals surface area contributed by atoms with Crippen molar-refractivity contribution in [1.82, 2.24) is 4.90 Å². The number of hydrogen-bond acceptors (Lipinski definition) is 1. The number of amides is 1. The Hall–Kier alpha value is -0.530. The maximum atomic E-state index is 12.0. The molecule has 1 amide bonds. The number of nitrogens with zero attached hydrogens (tertiary/aromatic N) is 1. The molecule has 2 heteroatoms. The second kappa shape index (κ2) is 6.42. The van der Waals surface area contributed by atoms with E-state index in [-0.39, 0.29) is 11.4 Å². The van der Waals surface area contributed by atoms with Crippen molar-refractivity contribution in [2.75, 3.05) is 7.05 Å². The summed E-state index contributed by atoms with van der Waals surface area (Å²) >= 11 is 0. The van der Waals surface area contributed by atoms with Gasteiger partial charge < -0.3 is 4.90 Å². The minimum atomic E-state index is -0.00817. The van der Waals surface area contributed by atoms with Gasteiger partial charge in [0.1, 0.15) is 0 Å². The molecule has 0 aliphatic rings. The molecule has 0 saturated carbocycles. The van der Waals surface area contributed by atoms with Crippen LogP contribution in [0.15, 0.2) is 0 Å². The van der Waals surface area contributed by atoms with E-state index in [1.165, 1.54) is 0 Å². The molecule has 1 unspecified atom stereocenters. The van der Waals surface area contributed by atoms with Crippen LogP contribution in [0.4, 0.5) is 0 Å². The molecule has 0 fully saturated rings. The van der Waals surface area contributed by atoms with Gasteiger partial charge in [-0.15, -0.1) is 0 Å². The lowest BCUT2D eigenvalue weighted by Gasteiger charge is -2.43. The highest BCUT2D eigenvalue weighted by atomic mass is 16.2. The smallest absolute Gasteiger partial charge is 0.222 e. The second-order valence-corrected chi connectivity index (χ2v) is 6.25. The van der Waals surface area contributed by atoms with Crippen molar-refractivity contribution in [3.63, 3.8) is 0 Å². The molecular weight excluding hydrogens is 210 g/mol. The van der Waals surface area contributed by atoms with Gasteiger partial charge in [0.25, 0.3) is 0 Å². The minimum Gasteiger partial charge on any atom is -0.340 e. The van der Waals surface area contributed by atoms with Crippen LogP contribution in [0.5, 0.6) is 0 Å². The quantitative estimate of drug-likeness (QED) is 0.653. The summed E-state index contributed by atoms with van der Waals surface area (Å²) in [6.45, 7) is 13.3. The number of carbonyl (C=O) groups is 1. The third kappa shape index (κ3) is 4.69. The standard InChI is InChI=1S/C15H31NO/c1-8-11-13(17)16(7)15(6,10-3)12-14(4,5)9-2/h8-12H2,1-7H3. The highest BCUT2D eigenvalue weighted by Gasteiger charge is 2.35. The fraction of sp³-hybridized carbons (Fsp3) is 0.933. The zero-order valence-corrected chi connectivity index (χ0v) is 12.9. The number of rotatable bonds is 7. The molecule has 0 N–H and O–H groups in total. The molecule has 0 spiro atoms. The Labute approximate surface area is 108 Å². The third-order valence-electron chi connectivity index (χ3n) is 4.23. The molecule has 102 valence electrons. The second-order valence-electron chi connectivity index (χ2n) is 6.25. The normalized spacial score (nSPS) is 15.5. The van der Waals surface area contributed by atoms with Crippen LogP contribution in [0.1, 0.15) is 73.6 Å². The Morgan fingerprint density at radius 1 is 1.06 bits per heavy atom. The van der Waals surface area contributed by atoms with Crippen LogP contribution >= 0.6 is 0 Å². The Kier molecular flexibility index (Phi) is 6.22. The largest absolute Gasteiger partial charge is 0.340 e. The summed E-state index contributed by atoms with van der Waals surface area (Å²) in [4.78, 5) is 14.0. The van der Waals surface area contributed by atoms with Gasteiger partial charge >= 0.3 is 0 Å². The van der Waals surface area contributed by atoms with E-state index in [0.717, 1.165) is 25.7 Å². The van der Waals surface area contributed by atoms with Crippen molar-refractivity contribution in [3.05, 3.63) is 0 Å². The first-order valence-corrected chi connectivity index (χ1v) is 6.99. The summed E-state index contributed by atoms with van der Waals surface area (Å²) in [6.07, 6.45) is 4.83. The van der Waals surface area contributed by atoms with E-state index in [1.807, 2.05) is 11.9 Å². The summed E-state index contributed by atoms with van der Waals surface area (Å²) in [5.41, 5.74) is 0.289. The number of carbonyl (C=O) groups excluding carboxylic acids is 1. The monoisotopic (exact) mass is 241 g/mol. The van der Waals surface area contributed by atoms with E-state index >= 15 is 0 Å². The Bertz CT molecular complexity index is 247. The topological polar surface area (TPSA) is 20.3 Å². The molecule has 0 aromatic heterocycles. The lowest BCUT2D eigenvalue weighted by atomic mass is 9.75. The van der Waals surface area contributed by atoms with Crippen molar-refractivity contribution in [3.8, 4) is 0 Å². The first-order chi connectivity index (χ1) is 7.72. The van der Waals surface area contributed by atoms with Crippen molar-refractivity contribution in [1.29, 1.82) is 0 Å². The van der Waals surface area contributed by atoms with Crippen LogP contribution in [0, 0.1) is 5.41 Å². The van der Waals surface area contributed by atoms with Gasteiger partial charge in [-0.25, -0.2) is 0 Å². The van der Waals surface area contributed by atoms with Gasteiger partial charge in [-0.3, -0.25) is 4.79 Å². The molecule has 0 radical (unpaired) electrons. The predicted molar refractivity (Wildman–Crippen MR) is 75.1 cm³/mol. The Morgan fingerprint density at radius 3 is 1.94 bits per heavy atom. The maximum absolute atomic E-state index is 12.0. The molecular formula is C15H31NO. The molecule has 0 aliphatic heterocycles. The van der Waals surface area contributed by atoms with E-state index in [0.29, 0.717) is 11.8 Å². The average molecular weight is 241 g/mol. The molecule has 0 aromatic carbocycles. The summed E-state index contributed by atoms with van der Waals surface area (Å²) in [5.74, 6) is 0.281. The lowest BCUT2D eigenvalue weighted by molar-refractivity contribution is -0.136. The summed E-state index contributed by atoms with van der Waals surface area (Å²) in [7, 11) is 1.97. The van der Waals surface area contributed by atoms with Crippen molar-refractivity contribution >= 4 is 5.91 Å². The molecule has 0 aromatic rings. The molecule has 0 saturated heterocycles. The molecule has 17 heavy (non-hydrogen) atoms. The van der Waals surface area contributed by atoms with Gasteiger partial charge in [-0.05, 0) is 31.6 Å². The van der Waals surface area contributed by atoms with Gasteiger partial charge in [-0.2, -0.15) is 0 Å². The average Bonchev–Trinajstić information content (AvgIpc) is 2.27.